The summed E-state index contributed by atoms with van der Waals surface area (Å²) in [6.07, 6.45) is 5.93. The molecule has 0 aliphatic rings. The third-order valence-electron chi connectivity index (χ3n) is 1.21. The lowest BCUT2D eigenvalue weighted by atomic mass is 10.00. The molecular formula is C8H11N. The highest BCUT2D eigenvalue weighted by molar-refractivity contribution is 4.93. The van der Waals surface area contributed by atoms with Crippen LogP contribution in [-0.4, -0.2) is 0 Å². The molecule has 0 heterocycles. The number of terminal acetylenes is 1. The quantitative estimate of drug-likeness (QED) is 0.511. The first-order valence-electron chi connectivity index (χ1n) is 3.06. The molecule has 0 aromatic carbocycles. The lowest BCUT2D eigenvalue weighted by Gasteiger charge is -2.02. The van der Waals surface area contributed by atoms with E-state index in [4.69, 9.17) is 11.7 Å². The smallest absolute Gasteiger partial charge is 0.0653 e. The van der Waals surface area contributed by atoms with Crippen LogP contribution in [0.15, 0.2) is 0 Å². The Morgan fingerprint density at radius 2 is 2.00 bits per heavy atom. The summed E-state index contributed by atoms with van der Waals surface area (Å²) in [5.74, 6) is 2.91. The van der Waals surface area contributed by atoms with E-state index >= 15 is 0 Å². The van der Waals surface area contributed by atoms with Gasteiger partial charge in [0.1, 0.15) is 0 Å². The molecular weight excluding hydrogens is 110 g/mol. The van der Waals surface area contributed by atoms with Crippen LogP contribution in [0.2, 0.25) is 0 Å². The number of nitrogens with zero attached hydrogens (tertiary/aromatic N) is 1. The Kier molecular flexibility index (Phi) is 3.56. The Hall–Kier alpha value is -0.950. The molecule has 0 saturated heterocycles. The second-order valence-electron chi connectivity index (χ2n) is 2.33. The largest absolute Gasteiger partial charge is 0.198 e. The lowest BCUT2D eigenvalue weighted by Crippen LogP contribution is -1.97. The Morgan fingerprint density at radius 1 is 1.44 bits per heavy atom. The number of nitriles is 1. The molecule has 0 aromatic heterocycles. The Bertz CT molecular complexity index is 129. The van der Waals surface area contributed by atoms with E-state index in [1.165, 1.54) is 0 Å². The minimum atomic E-state index is 0.0936. The SMILES string of the molecule is C#C[C@@H](C)C[C@H](C)C#N. The summed E-state index contributed by atoms with van der Waals surface area (Å²) in [7, 11) is 0. The number of rotatable bonds is 2. The third kappa shape index (κ3) is 3.62. The van der Waals surface area contributed by atoms with Crippen molar-refractivity contribution < 1.29 is 0 Å². The molecule has 1 nitrogen and oxygen atoms in total. The first-order chi connectivity index (χ1) is 4.20. The molecule has 2 atom stereocenters. The molecule has 0 aliphatic heterocycles. The van der Waals surface area contributed by atoms with E-state index in [9.17, 15) is 0 Å². The summed E-state index contributed by atoms with van der Waals surface area (Å²) in [6.45, 7) is 3.84. The van der Waals surface area contributed by atoms with Gasteiger partial charge in [-0.3, -0.25) is 0 Å². The summed E-state index contributed by atoms with van der Waals surface area (Å²) < 4.78 is 0. The van der Waals surface area contributed by atoms with E-state index < -0.39 is 0 Å². The fraction of sp³-hybridized carbons (Fsp3) is 0.625. The van der Waals surface area contributed by atoms with Crippen molar-refractivity contribution in [3.05, 3.63) is 0 Å². The normalized spacial score (nSPS) is 15.1. The van der Waals surface area contributed by atoms with Crippen molar-refractivity contribution in [2.45, 2.75) is 20.3 Å². The van der Waals surface area contributed by atoms with E-state index in [1.54, 1.807) is 0 Å². The van der Waals surface area contributed by atoms with E-state index in [0.29, 0.717) is 0 Å². The van der Waals surface area contributed by atoms with E-state index in [2.05, 4.69) is 12.0 Å². The van der Waals surface area contributed by atoms with Gasteiger partial charge in [-0.2, -0.15) is 5.26 Å². The summed E-state index contributed by atoms with van der Waals surface area (Å²) in [6, 6.07) is 2.13. The Labute approximate surface area is 56.7 Å². The zero-order valence-electron chi connectivity index (χ0n) is 5.89. The molecule has 9 heavy (non-hydrogen) atoms. The minimum Gasteiger partial charge on any atom is -0.198 e. The molecule has 48 valence electrons. The Balaban J connectivity index is 3.53. The van der Waals surface area contributed by atoms with Crippen molar-refractivity contribution in [3.63, 3.8) is 0 Å². The van der Waals surface area contributed by atoms with Gasteiger partial charge in [0.05, 0.1) is 6.07 Å². The maximum absolute atomic E-state index is 8.36. The molecule has 0 aliphatic carbocycles. The van der Waals surface area contributed by atoms with Crippen molar-refractivity contribution in [3.8, 4) is 18.4 Å². The van der Waals surface area contributed by atoms with Gasteiger partial charge in [0.2, 0.25) is 0 Å². The van der Waals surface area contributed by atoms with Crippen LogP contribution in [0.1, 0.15) is 20.3 Å². The van der Waals surface area contributed by atoms with E-state index in [1.807, 2.05) is 13.8 Å². The van der Waals surface area contributed by atoms with Crippen LogP contribution in [0.4, 0.5) is 0 Å². The monoisotopic (exact) mass is 121 g/mol. The number of hydrogen-bond donors (Lipinski definition) is 0. The maximum Gasteiger partial charge on any atom is 0.0653 e. The highest BCUT2D eigenvalue weighted by Crippen LogP contribution is 2.08. The van der Waals surface area contributed by atoms with Crippen LogP contribution in [-0.2, 0) is 0 Å². The molecule has 0 saturated carbocycles. The second-order valence-corrected chi connectivity index (χ2v) is 2.33. The molecule has 0 bridgehead atoms. The molecule has 0 amide bonds. The van der Waals surface area contributed by atoms with Gasteiger partial charge in [0.15, 0.2) is 0 Å². The molecule has 0 rings (SSSR count). The Morgan fingerprint density at radius 3 is 2.33 bits per heavy atom. The highest BCUT2D eigenvalue weighted by atomic mass is 14.3. The average Bonchev–Trinajstić information content (AvgIpc) is 1.87. The zero-order valence-corrected chi connectivity index (χ0v) is 5.89. The number of hydrogen-bond acceptors (Lipinski definition) is 1. The van der Waals surface area contributed by atoms with Crippen molar-refractivity contribution in [2.75, 3.05) is 0 Å². The maximum atomic E-state index is 8.36. The molecule has 0 N–H and O–H groups in total. The van der Waals surface area contributed by atoms with Crippen LogP contribution in [0.3, 0.4) is 0 Å². The predicted octanol–water partition coefficient (Wildman–Crippen LogP) is 1.81. The zero-order chi connectivity index (χ0) is 7.28. The van der Waals surface area contributed by atoms with Gasteiger partial charge in [-0.05, 0) is 13.3 Å². The van der Waals surface area contributed by atoms with Gasteiger partial charge >= 0.3 is 0 Å². The van der Waals surface area contributed by atoms with Crippen molar-refractivity contribution in [1.82, 2.24) is 0 Å². The molecule has 0 spiro atoms. The van der Waals surface area contributed by atoms with Gasteiger partial charge in [-0.1, -0.05) is 6.92 Å². The van der Waals surface area contributed by atoms with E-state index in [-0.39, 0.29) is 11.8 Å². The first kappa shape index (κ1) is 8.05. The van der Waals surface area contributed by atoms with Gasteiger partial charge in [0.25, 0.3) is 0 Å². The lowest BCUT2D eigenvalue weighted by molar-refractivity contribution is 0.566. The second kappa shape index (κ2) is 3.98. The summed E-state index contributed by atoms with van der Waals surface area (Å²) in [5, 5.41) is 8.36. The van der Waals surface area contributed by atoms with Crippen LogP contribution in [0.5, 0.6) is 0 Å². The fourth-order valence-electron chi connectivity index (χ4n) is 0.651. The average molecular weight is 121 g/mol. The summed E-state index contributed by atoms with van der Waals surface area (Å²) in [4.78, 5) is 0. The summed E-state index contributed by atoms with van der Waals surface area (Å²) in [5.41, 5.74) is 0. The standard InChI is InChI=1S/C8H11N/c1-4-7(2)5-8(3)6-9/h1,7-8H,5H2,2-3H3/t7-,8+/m1/s1. The van der Waals surface area contributed by atoms with Crippen molar-refractivity contribution in [2.24, 2.45) is 11.8 Å². The molecule has 0 fully saturated rings. The topological polar surface area (TPSA) is 23.8 Å². The highest BCUT2D eigenvalue weighted by Gasteiger charge is 2.03. The summed E-state index contributed by atoms with van der Waals surface area (Å²) >= 11 is 0. The predicted molar refractivity (Wildman–Crippen MR) is 37.4 cm³/mol. The molecule has 0 unspecified atom stereocenters. The third-order valence-corrected chi connectivity index (χ3v) is 1.21. The van der Waals surface area contributed by atoms with E-state index in [0.717, 1.165) is 6.42 Å². The van der Waals surface area contributed by atoms with Crippen LogP contribution in [0, 0.1) is 35.5 Å². The fourth-order valence-corrected chi connectivity index (χ4v) is 0.651. The first-order valence-corrected chi connectivity index (χ1v) is 3.06. The van der Waals surface area contributed by atoms with Crippen molar-refractivity contribution >= 4 is 0 Å². The van der Waals surface area contributed by atoms with Crippen LogP contribution in [0.25, 0.3) is 0 Å². The van der Waals surface area contributed by atoms with Gasteiger partial charge in [-0.15, -0.1) is 12.3 Å². The molecule has 0 aromatic rings. The van der Waals surface area contributed by atoms with Gasteiger partial charge in [0, 0.05) is 11.8 Å². The van der Waals surface area contributed by atoms with Crippen LogP contribution < -0.4 is 0 Å². The molecule has 0 radical (unpaired) electrons. The van der Waals surface area contributed by atoms with Gasteiger partial charge in [-0.25, -0.2) is 0 Å². The minimum absolute atomic E-state index is 0.0936. The van der Waals surface area contributed by atoms with Crippen LogP contribution >= 0.6 is 0 Å². The molecule has 1 heteroatoms. The van der Waals surface area contributed by atoms with Crippen molar-refractivity contribution in [1.29, 1.82) is 5.26 Å². The van der Waals surface area contributed by atoms with Gasteiger partial charge < -0.3 is 0 Å².